The lowest BCUT2D eigenvalue weighted by atomic mass is 10.1. The number of rotatable bonds is 8. The molecule has 0 saturated carbocycles. The minimum absolute atomic E-state index is 0.0633. The van der Waals surface area contributed by atoms with Gasteiger partial charge in [0.25, 0.3) is 5.91 Å². The highest BCUT2D eigenvalue weighted by Gasteiger charge is 2.15. The largest absolute Gasteiger partial charge is 0.462 e. The van der Waals surface area contributed by atoms with E-state index < -0.39 is 0 Å². The number of anilines is 2. The van der Waals surface area contributed by atoms with Crippen LogP contribution in [0, 0.1) is 0 Å². The Labute approximate surface area is 177 Å². The van der Waals surface area contributed by atoms with Crippen molar-refractivity contribution in [3.63, 3.8) is 0 Å². The molecule has 0 aliphatic heterocycles. The van der Waals surface area contributed by atoms with Crippen molar-refractivity contribution < 1.29 is 19.1 Å². The Morgan fingerprint density at radius 2 is 1.43 bits per heavy atom. The first-order valence-corrected chi connectivity index (χ1v) is 9.91. The van der Waals surface area contributed by atoms with Gasteiger partial charge < -0.3 is 20.7 Å². The van der Waals surface area contributed by atoms with Crippen LogP contribution >= 0.6 is 0 Å². The highest BCUT2D eigenvalue weighted by molar-refractivity contribution is 5.96. The number of hydrogen-bond acceptors (Lipinski definition) is 5. The minimum Gasteiger partial charge on any atom is -0.462 e. The van der Waals surface area contributed by atoms with Gasteiger partial charge in [-0.1, -0.05) is 6.92 Å². The molecule has 0 atom stereocenters. The predicted molar refractivity (Wildman–Crippen MR) is 118 cm³/mol. The van der Waals surface area contributed by atoms with Gasteiger partial charge >= 0.3 is 5.97 Å². The van der Waals surface area contributed by atoms with Gasteiger partial charge in [-0.05, 0) is 75.7 Å². The van der Waals surface area contributed by atoms with Gasteiger partial charge in [-0.15, -0.1) is 0 Å². The van der Waals surface area contributed by atoms with Crippen LogP contribution in [0.1, 0.15) is 54.8 Å². The summed E-state index contributed by atoms with van der Waals surface area (Å²) in [5.41, 5.74) is 2.00. The summed E-state index contributed by atoms with van der Waals surface area (Å²) in [4.78, 5) is 36.1. The maximum atomic E-state index is 12.1. The highest BCUT2D eigenvalue weighted by atomic mass is 16.5. The molecule has 0 aromatic heterocycles. The molecule has 0 saturated heterocycles. The molecule has 7 nitrogen and oxygen atoms in total. The zero-order valence-corrected chi connectivity index (χ0v) is 17.9. The summed E-state index contributed by atoms with van der Waals surface area (Å²) in [6, 6.07) is 13.5. The molecule has 3 N–H and O–H groups in total. The molecule has 0 radical (unpaired) electrons. The van der Waals surface area contributed by atoms with E-state index in [0.717, 1.165) is 12.1 Å². The van der Waals surface area contributed by atoms with Crippen molar-refractivity contribution in [3.8, 4) is 0 Å². The second kappa shape index (κ2) is 10.4. The summed E-state index contributed by atoms with van der Waals surface area (Å²) in [6.45, 7) is 8.14. The molecule has 2 aromatic rings. The van der Waals surface area contributed by atoms with E-state index in [0.29, 0.717) is 23.4 Å². The lowest BCUT2D eigenvalue weighted by Crippen LogP contribution is -2.40. The number of benzene rings is 2. The van der Waals surface area contributed by atoms with Gasteiger partial charge in [-0.3, -0.25) is 9.59 Å². The zero-order valence-electron chi connectivity index (χ0n) is 17.9. The Balaban J connectivity index is 1.83. The number of esters is 1. The maximum absolute atomic E-state index is 12.1. The Bertz CT molecular complexity index is 869. The third-order valence-corrected chi connectivity index (χ3v) is 3.93. The Morgan fingerprint density at radius 3 is 2.00 bits per heavy atom. The van der Waals surface area contributed by atoms with Gasteiger partial charge in [-0.2, -0.15) is 0 Å². The Kier molecular flexibility index (Phi) is 7.98. The van der Waals surface area contributed by atoms with Crippen LogP contribution in [0.4, 0.5) is 11.4 Å². The number of hydrogen-bond donors (Lipinski definition) is 3. The first kappa shape index (κ1) is 22.9. The molecule has 2 rings (SSSR count). The molecule has 0 unspecified atom stereocenters. The fourth-order valence-corrected chi connectivity index (χ4v) is 2.51. The van der Waals surface area contributed by atoms with Crippen molar-refractivity contribution in [2.24, 2.45) is 0 Å². The number of amides is 2. The molecule has 2 amide bonds. The number of carbonyl (C=O) groups excluding carboxylic acids is 3. The standard InChI is InChI=1S/C23H29N3O4/c1-5-14-30-22(29)17-8-12-19(13-9-17)25-20(27)15-24-18-10-6-16(7-11-18)21(28)26-23(2,3)4/h6-13,24H,5,14-15H2,1-4H3,(H,25,27)(H,26,28). The van der Waals surface area contributed by atoms with E-state index in [4.69, 9.17) is 4.74 Å². The van der Waals surface area contributed by atoms with Crippen LogP contribution in [-0.2, 0) is 9.53 Å². The van der Waals surface area contributed by atoms with Gasteiger partial charge in [0.05, 0.1) is 18.7 Å². The summed E-state index contributed by atoms with van der Waals surface area (Å²) in [7, 11) is 0. The molecule has 0 spiro atoms. The van der Waals surface area contributed by atoms with Crippen LogP contribution in [0.5, 0.6) is 0 Å². The van der Waals surface area contributed by atoms with E-state index in [1.807, 2.05) is 27.7 Å². The van der Waals surface area contributed by atoms with Gasteiger partial charge in [-0.25, -0.2) is 4.79 Å². The van der Waals surface area contributed by atoms with E-state index in [1.54, 1.807) is 48.5 Å². The second-order valence-electron chi connectivity index (χ2n) is 7.90. The van der Waals surface area contributed by atoms with Crippen molar-refractivity contribution in [2.75, 3.05) is 23.8 Å². The molecule has 0 heterocycles. The average Bonchev–Trinajstić information content (AvgIpc) is 2.70. The lowest BCUT2D eigenvalue weighted by molar-refractivity contribution is -0.114. The van der Waals surface area contributed by atoms with E-state index in [9.17, 15) is 14.4 Å². The van der Waals surface area contributed by atoms with Crippen LogP contribution in [0.3, 0.4) is 0 Å². The molecular weight excluding hydrogens is 382 g/mol. The smallest absolute Gasteiger partial charge is 0.338 e. The zero-order chi connectivity index (χ0) is 22.1. The molecule has 0 bridgehead atoms. The predicted octanol–water partition coefficient (Wildman–Crippen LogP) is 3.83. The summed E-state index contributed by atoms with van der Waals surface area (Å²) in [5.74, 6) is -0.754. The lowest BCUT2D eigenvalue weighted by Gasteiger charge is -2.20. The van der Waals surface area contributed by atoms with Crippen LogP contribution in [0.2, 0.25) is 0 Å². The maximum Gasteiger partial charge on any atom is 0.338 e. The van der Waals surface area contributed by atoms with Crippen molar-refractivity contribution in [3.05, 3.63) is 59.7 Å². The van der Waals surface area contributed by atoms with E-state index in [-0.39, 0.29) is 29.9 Å². The Morgan fingerprint density at radius 1 is 0.867 bits per heavy atom. The van der Waals surface area contributed by atoms with Crippen LogP contribution in [0.25, 0.3) is 0 Å². The number of nitrogens with one attached hydrogen (secondary N) is 3. The van der Waals surface area contributed by atoms with Crippen molar-refractivity contribution in [1.29, 1.82) is 0 Å². The van der Waals surface area contributed by atoms with Gasteiger partial charge in [0.2, 0.25) is 5.91 Å². The summed E-state index contributed by atoms with van der Waals surface area (Å²) in [6.07, 6.45) is 0.764. The first-order chi connectivity index (χ1) is 14.2. The summed E-state index contributed by atoms with van der Waals surface area (Å²) in [5, 5.41) is 8.67. The quantitative estimate of drug-likeness (QED) is 0.574. The van der Waals surface area contributed by atoms with Crippen LogP contribution in [0.15, 0.2) is 48.5 Å². The van der Waals surface area contributed by atoms with E-state index in [1.165, 1.54) is 0 Å². The van der Waals surface area contributed by atoms with E-state index >= 15 is 0 Å². The van der Waals surface area contributed by atoms with Gasteiger partial charge in [0, 0.05) is 22.5 Å². The summed E-state index contributed by atoms with van der Waals surface area (Å²) >= 11 is 0. The Hall–Kier alpha value is -3.35. The van der Waals surface area contributed by atoms with Crippen molar-refractivity contribution in [1.82, 2.24) is 5.32 Å². The molecule has 7 heteroatoms. The molecule has 0 aliphatic rings. The van der Waals surface area contributed by atoms with Crippen LogP contribution in [-0.4, -0.2) is 36.5 Å². The van der Waals surface area contributed by atoms with Crippen molar-refractivity contribution in [2.45, 2.75) is 39.7 Å². The second-order valence-corrected chi connectivity index (χ2v) is 7.90. The molecule has 30 heavy (non-hydrogen) atoms. The average molecular weight is 412 g/mol. The SMILES string of the molecule is CCCOC(=O)c1ccc(NC(=O)CNc2ccc(C(=O)NC(C)(C)C)cc2)cc1. The van der Waals surface area contributed by atoms with E-state index in [2.05, 4.69) is 16.0 Å². The van der Waals surface area contributed by atoms with Gasteiger partial charge in [0.1, 0.15) is 0 Å². The van der Waals surface area contributed by atoms with Gasteiger partial charge in [0.15, 0.2) is 0 Å². The number of carbonyl (C=O) groups is 3. The number of ether oxygens (including phenoxy) is 1. The topological polar surface area (TPSA) is 96.5 Å². The molecule has 0 fully saturated rings. The fraction of sp³-hybridized carbons (Fsp3) is 0.348. The third-order valence-electron chi connectivity index (χ3n) is 3.93. The molecular formula is C23H29N3O4. The van der Waals surface area contributed by atoms with Crippen molar-refractivity contribution >= 4 is 29.2 Å². The highest BCUT2D eigenvalue weighted by Crippen LogP contribution is 2.13. The molecule has 2 aromatic carbocycles. The molecule has 0 aliphatic carbocycles. The monoisotopic (exact) mass is 411 g/mol. The fourth-order valence-electron chi connectivity index (χ4n) is 2.51. The first-order valence-electron chi connectivity index (χ1n) is 9.91. The third kappa shape index (κ3) is 7.58. The molecule has 160 valence electrons. The minimum atomic E-state index is -0.379. The normalized spacial score (nSPS) is 10.8. The van der Waals surface area contributed by atoms with Crippen LogP contribution < -0.4 is 16.0 Å². The summed E-state index contributed by atoms with van der Waals surface area (Å²) < 4.78 is 5.07.